The number of benzene rings is 1. The van der Waals surface area contributed by atoms with Gasteiger partial charge in [0, 0.05) is 38.7 Å². The summed E-state index contributed by atoms with van der Waals surface area (Å²) in [6.45, 7) is 7.84. The molecule has 0 radical (unpaired) electrons. The lowest BCUT2D eigenvalue weighted by Gasteiger charge is -2.36. The van der Waals surface area contributed by atoms with Crippen molar-refractivity contribution in [3.8, 4) is 0 Å². The second kappa shape index (κ2) is 11.7. The number of piperidine rings is 1. The molecule has 0 bridgehead atoms. The predicted octanol–water partition coefficient (Wildman–Crippen LogP) is 2.14. The second-order valence-electron chi connectivity index (χ2n) is 8.37. The summed E-state index contributed by atoms with van der Waals surface area (Å²) in [4.78, 5) is 39.8. The average Bonchev–Trinajstić information content (AvgIpc) is 2.71. The van der Waals surface area contributed by atoms with E-state index in [9.17, 15) is 14.4 Å². The van der Waals surface area contributed by atoms with Gasteiger partial charge in [0.25, 0.3) is 5.91 Å². The minimum absolute atomic E-state index is 0.00965. The zero-order valence-corrected chi connectivity index (χ0v) is 18.6. The largest absolute Gasteiger partial charge is 0.383 e. The lowest BCUT2D eigenvalue weighted by atomic mass is 9.88. The first-order chi connectivity index (χ1) is 14.3. The van der Waals surface area contributed by atoms with Gasteiger partial charge in [-0.3, -0.25) is 14.4 Å². The van der Waals surface area contributed by atoms with E-state index in [1.54, 1.807) is 7.11 Å². The van der Waals surface area contributed by atoms with Crippen molar-refractivity contribution in [1.29, 1.82) is 0 Å². The number of aryl methyl sites for hydroxylation is 1. The van der Waals surface area contributed by atoms with Gasteiger partial charge in [0.2, 0.25) is 11.8 Å². The molecule has 7 heteroatoms. The molecule has 3 amide bonds. The summed E-state index contributed by atoms with van der Waals surface area (Å²) in [5.41, 5.74) is 1.68. The zero-order valence-electron chi connectivity index (χ0n) is 18.6. The van der Waals surface area contributed by atoms with Crippen molar-refractivity contribution < 1.29 is 19.1 Å². The van der Waals surface area contributed by atoms with E-state index in [1.807, 2.05) is 49.9 Å². The third-order valence-electron chi connectivity index (χ3n) is 5.47. The fraction of sp³-hybridized carbons (Fsp3) is 0.609. The number of hydrogen-bond donors (Lipinski definition) is 2. The van der Waals surface area contributed by atoms with Crippen LogP contribution in [0.15, 0.2) is 24.3 Å². The quantitative estimate of drug-likeness (QED) is 0.603. The summed E-state index contributed by atoms with van der Waals surface area (Å²) < 4.78 is 5.00. The SMILES string of the molecule is COCCNC(=O)C(NC(=O)CC(C)C)C1CCN(C(=O)c2ccccc2C)CC1. The Morgan fingerprint density at radius 3 is 2.43 bits per heavy atom. The van der Waals surface area contributed by atoms with E-state index < -0.39 is 6.04 Å². The van der Waals surface area contributed by atoms with Crippen LogP contribution in [0.25, 0.3) is 0 Å². The summed E-state index contributed by atoms with van der Waals surface area (Å²) in [7, 11) is 1.58. The number of nitrogens with one attached hydrogen (secondary N) is 2. The number of likely N-dealkylation sites (tertiary alicyclic amines) is 1. The molecule has 1 aliphatic heterocycles. The van der Waals surface area contributed by atoms with Crippen LogP contribution in [-0.4, -0.2) is 62.0 Å². The Bertz CT molecular complexity index is 727. The van der Waals surface area contributed by atoms with E-state index in [2.05, 4.69) is 10.6 Å². The van der Waals surface area contributed by atoms with Crippen molar-refractivity contribution in [3.63, 3.8) is 0 Å². The van der Waals surface area contributed by atoms with E-state index in [-0.39, 0.29) is 29.6 Å². The molecule has 1 atom stereocenters. The fourth-order valence-electron chi connectivity index (χ4n) is 3.81. The molecule has 1 unspecified atom stereocenters. The molecule has 0 saturated carbocycles. The molecule has 30 heavy (non-hydrogen) atoms. The van der Waals surface area contributed by atoms with Crippen LogP contribution in [0.1, 0.15) is 49.0 Å². The molecule has 0 spiro atoms. The van der Waals surface area contributed by atoms with Crippen molar-refractivity contribution in [2.24, 2.45) is 11.8 Å². The highest BCUT2D eigenvalue weighted by atomic mass is 16.5. The average molecular weight is 418 g/mol. The highest BCUT2D eigenvalue weighted by Gasteiger charge is 2.34. The van der Waals surface area contributed by atoms with Gasteiger partial charge >= 0.3 is 0 Å². The van der Waals surface area contributed by atoms with Gasteiger partial charge in [0.05, 0.1) is 6.61 Å². The van der Waals surface area contributed by atoms with Crippen LogP contribution in [0.2, 0.25) is 0 Å². The molecule has 2 rings (SSSR count). The van der Waals surface area contributed by atoms with E-state index >= 15 is 0 Å². The Morgan fingerprint density at radius 1 is 1.17 bits per heavy atom. The molecule has 166 valence electrons. The summed E-state index contributed by atoms with van der Waals surface area (Å²) in [6.07, 6.45) is 1.72. The molecule has 2 N–H and O–H groups in total. The summed E-state index contributed by atoms with van der Waals surface area (Å²) in [5.74, 6) is -0.0694. The van der Waals surface area contributed by atoms with Gasteiger partial charge in [0.1, 0.15) is 6.04 Å². The normalized spacial score (nSPS) is 15.7. The van der Waals surface area contributed by atoms with E-state index in [4.69, 9.17) is 4.74 Å². The maximum absolute atomic E-state index is 12.9. The van der Waals surface area contributed by atoms with Crippen LogP contribution >= 0.6 is 0 Å². The number of amides is 3. The van der Waals surface area contributed by atoms with Gasteiger partial charge in [-0.25, -0.2) is 0 Å². The molecule has 1 aliphatic rings. The molecule has 7 nitrogen and oxygen atoms in total. The molecule has 0 aromatic heterocycles. The molecule has 0 aliphatic carbocycles. The molecular weight excluding hydrogens is 382 g/mol. The topological polar surface area (TPSA) is 87.7 Å². The Morgan fingerprint density at radius 2 is 1.83 bits per heavy atom. The van der Waals surface area contributed by atoms with E-state index in [0.29, 0.717) is 45.5 Å². The standard InChI is InChI=1S/C23H35N3O4/c1-16(2)15-20(27)25-21(22(28)24-11-14-30-4)18-9-12-26(13-10-18)23(29)19-8-6-5-7-17(19)3/h5-8,16,18,21H,9-15H2,1-4H3,(H,24,28)(H,25,27). The number of carbonyl (C=O) groups is 3. The smallest absolute Gasteiger partial charge is 0.254 e. The molecule has 1 aromatic carbocycles. The predicted molar refractivity (Wildman–Crippen MR) is 116 cm³/mol. The van der Waals surface area contributed by atoms with Crippen LogP contribution < -0.4 is 10.6 Å². The Balaban J connectivity index is 2.01. The molecule has 1 aromatic rings. The third kappa shape index (κ3) is 6.83. The summed E-state index contributed by atoms with van der Waals surface area (Å²) in [6, 6.07) is 6.98. The Hall–Kier alpha value is -2.41. The number of carbonyl (C=O) groups excluding carboxylic acids is 3. The highest BCUT2D eigenvalue weighted by molar-refractivity contribution is 5.95. The van der Waals surface area contributed by atoms with Crippen molar-refractivity contribution >= 4 is 17.7 Å². The van der Waals surface area contributed by atoms with Crippen molar-refractivity contribution in [2.75, 3.05) is 33.4 Å². The molecule has 1 saturated heterocycles. The van der Waals surface area contributed by atoms with Crippen LogP contribution in [0.5, 0.6) is 0 Å². The number of nitrogens with zero attached hydrogens (tertiary/aromatic N) is 1. The Kier molecular flexibility index (Phi) is 9.30. The first-order valence-electron chi connectivity index (χ1n) is 10.7. The Labute approximate surface area is 179 Å². The first-order valence-corrected chi connectivity index (χ1v) is 10.7. The van der Waals surface area contributed by atoms with Crippen LogP contribution in [0.4, 0.5) is 0 Å². The maximum Gasteiger partial charge on any atom is 0.254 e. The minimum Gasteiger partial charge on any atom is -0.383 e. The monoisotopic (exact) mass is 417 g/mol. The number of methoxy groups -OCH3 is 1. The lowest BCUT2D eigenvalue weighted by Crippen LogP contribution is -2.54. The van der Waals surface area contributed by atoms with E-state index in [0.717, 1.165) is 11.1 Å². The van der Waals surface area contributed by atoms with Crippen molar-refractivity contribution in [1.82, 2.24) is 15.5 Å². The lowest BCUT2D eigenvalue weighted by molar-refractivity contribution is -0.131. The van der Waals surface area contributed by atoms with Crippen LogP contribution in [0.3, 0.4) is 0 Å². The van der Waals surface area contributed by atoms with Gasteiger partial charge < -0.3 is 20.3 Å². The summed E-state index contributed by atoms with van der Waals surface area (Å²) >= 11 is 0. The third-order valence-corrected chi connectivity index (χ3v) is 5.47. The van der Waals surface area contributed by atoms with Gasteiger partial charge in [-0.05, 0) is 43.2 Å². The first kappa shape index (κ1) is 23.9. The van der Waals surface area contributed by atoms with Gasteiger partial charge in [-0.15, -0.1) is 0 Å². The van der Waals surface area contributed by atoms with E-state index in [1.165, 1.54) is 0 Å². The van der Waals surface area contributed by atoms with Crippen LogP contribution in [0, 0.1) is 18.8 Å². The molecule has 1 fully saturated rings. The zero-order chi connectivity index (χ0) is 22.1. The number of ether oxygens (including phenoxy) is 1. The number of hydrogen-bond acceptors (Lipinski definition) is 4. The molecular formula is C23H35N3O4. The van der Waals surface area contributed by atoms with Gasteiger partial charge in [0.15, 0.2) is 0 Å². The van der Waals surface area contributed by atoms with Crippen molar-refractivity contribution in [2.45, 2.75) is 46.1 Å². The number of rotatable bonds is 9. The highest BCUT2D eigenvalue weighted by Crippen LogP contribution is 2.23. The van der Waals surface area contributed by atoms with Gasteiger partial charge in [-0.1, -0.05) is 32.0 Å². The fourth-order valence-corrected chi connectivity index (χ4v) is 3.81. The second-order valence-corrected chi connectivity index (χ2v) is 8.37. The van der Waals surface area contributed by atoms with Crippen molar-refractivity contribution in [3.05, 3.63) is 35.4 Å². The van der Waals surface area contributed by atoms with Gasteiger partial charge in [-0.2, -0.15) is 0 Å². The summed E-state index contributed by atoms with van der Waals surface area (Å²) in [5, 5.41) is 5.78. The van der Waals surface area contributed by atoms with Crippen LogP contribution in [-0.2, 0) is 14.3 Å². The molecule has 1 heterocycles. The minimum atomic E-state index is -0.594. The maximum atomic E-state index is 12.9.